The van der Waals surface area contributed by atoms with Gasteiger partial charge in [-0.3, -0.25) is 9.95 Å². The normalized spacial score (nSPS) is 12.7. The molecule has 2 unspecified atom stereocenters. The summed E-state index contributed by atoms with van der Waals surface area (Å²) in [6.45, 7) is 2.25. The van der Waals surface area contributed by atoms with E-state index in [1.807, 2.05) is 0 Å². The number of alkyl halides is 3. The largest absolute Gasteiger partial charge is 1.00 e. The number of methoxy groups -OCH3 is 1. The van der Waals surface area contributed by atoms with Gasteiger partial charge in [-0.05, 0) is 48.6 Å². The number of nitrogens with zero attached hydrogens (tertiary/aromatic N) is 2. The van der Waals surface area contributed by atoms with Gasteiger partial charge >= 0.3 is 35.7 Å². The Balaban J connectivity index is 0.00000529. The van der Waals surface area contributed by atoms with Gasteiger partial charge in [-0.25, -0.2) is 8.78 Å². The van der Waals surface area contributed by atoms with E-state index in [4.69, 9.17) is 13.9 Å². The van der Waals surface area contributed by atoms with Crippen molar-refractivity contribution < 1.29 is 75.3 Å². The molecule has 0 radical (unpaired) electrons. The van der Waals surface area contributed by atoms with E-state index >= 15 is 4.39 Å². The molecule has 0 bridgehead atoms. The second kappa shape index (κ2) is 15.0. The van der Waals surface area contributed by atoms with Crippen molar-refractivity contribution in [3.8, 4) is 17.1 Å². The van der Waals surface area contributed by atoms with Crippen LogP contribution in [-0.2, 0) is 23.9 Å². The zero-order valence-electron chi connectivity index (χ0n) is 24.5. The van der Waals surface area contributed by atoms with Gasteiger partial charge in [-0.1, -0.05) is 42.5 Å². The van der Waals surface area contributed by atoms with E-state index in [9.17, 15) is 27.5 Å². The van der Waals surface area contributed by atoms with Gasteiger partial charge in [0.15, 0.2) is 23.5 Å². The van der Waals surface area contributed by atoms with Crippen molar-refractivity contribution in [2.75, 3.05) is 7.11 Å². The average Bonchev–Trinajstić information content (AvgIpc) is 2.94. The van der Waals surface area contributed by atoms with Gasteiger partial charge in [0, 0.05) is 30.4 Å². The van der Waals surface area contributed by atoms with E-state index in [1.54, 1.807) is 37.3 Å². The molecule has 0 aliphatic heterocycles. The van der Waals surface area contributed by atoms with Crippen molar-refractivity contribution in [1.82, 2.24) is 15.0 Å². The third kappa shape index (κ3) is 8.35. The Labute approximate surface area is 271 Å². The molecule has 230 valence electrons. The molecule has 1 N–H and O–H groups in total. The van der Waals surface area contributed by atoms with Gasteiger partial charge in [0.25, 0.3) is 0 Å². The van der Waals surface area contributed by atoms with Crippen LogP contribution in [0.25, 0.3) is 11.3 Å². The molecule has 0 aliphatic rings. The second-order valence-electron chi connectivity index (χ2n) is 9.84. The summed E-state index contributed by atoms with van der Waals surface area (Å²) < 4.78 is 89.9. The van der Waals surface area contributed by atoms with Crippen LogP contribution in [0, 0.1) is 18.6 Å². The number of hydrogen-bond donors (Lipinski definition) is 1. The Morgan fingerprint density at radius 3 is 2.36 bits per heavy atom. The Bertz CT molecular complexity index is 1610. The van der Waals surface area contributed by atoms with E-state index in [1.165, 1.54) is 32.2 Å². The van der Waals surface area contributed by atoms with Gasteiger partial charge in [0.2, 0.25) is 0 Å². The number of rotatable bonds is 11. The third-order valence-electron chi connectivity index (χ3n) is 6.69. The van der Waals surface area contributed by atoms with Gasteiger partial charge in [0.05, 0.1) is 30.5 Å². The SMILES string of the molecule is COc1cccc(-c2on(C(Cc3ccccc3)NC(C)CC(=O)[O-])on(Cc3c(F)cccc3C(F)(F)F)c2C)c1F.[Na+]. The molecule has 0 spiro atoms. The number of carbonyl (C=O) groups is 1. The zero-order chi connectivity index (χ0) is 31.3. The Morgan fingerprint density at radius 1 is 1.05 bits per heavy atom. The van der Waals surface area contributed by atoms with Gasteiger partial charge in [-0.2, -0.15) is 17.9 Å². The van der Waals surface area contributed by atoms with E-state index in [-0.39, 0.29) is 65.2 Å². The maximum Gasteiger partial charge on any atom is 1.00 e. The summed E-state index contributed by atoms with van der Waals surface area (Å²) in [6, 6.07) is 15.1. The molecular weight excluding hydrogens is 600 g/mol. The molecule has 0 saturated heterocycles. The molecule has 44 heavy (non-hydrogen) atoms. The molecule has 2 atom stereocenters. The number of carboxylic acids is 1. The Kier molecular flexibility index (Phi) is 11.9. The summed E-state index contributed by atoms with van der Waals surface area (Å²) in [4.78, 5) is 12.2. The van der Waals surface area contributed by atoms with Crippen LogP contribution in [0.15, 0.2) is 75.9 Å². The molecule has 0 amide bonds. The van der Waals surface area contributed by atoms with E-state index in [2.05, 4.69) is 5.32 Å². The van der Waals surface area contributed by atoms with Crippen LogP contribution < -0.4 is 44.7 Å². The number of benzene rings is 3. The van der Waals surface area contributed by atoms with Crippen LogP contribution in [-0.4, -0.2) is 28.8 Å². The number of nitrogens with one attached hydrogen (secondary N) is 1. The number of aromatic nitrogens is 2. The molecule has 14 heteroatoms. The maximum absolute atomic E-state index is 15.5. The van der Waals surface area contributed by atoms with Crippen LogP contribution in [0.5, 0.6) is 5.75 Å². The third-order valence-corrected chi connectivity index (χ3v) is 6.69. The number of aliphatic carboxylic acids is 1. The average molecular weight is 630 g/mol. The smallest absolute Gasteiger partial charge is 0.550 e. The fourth-order valence-corrected chi connectivity index (χ4v) is 4.60. The summed E-state index contributed by atoms with van der Waals surface area (Å²) in [7, 11) is 1.27. The molecule has 3 aromatic carbocycles. The minimum Gasteiger partial charge on any atom is -0.550 e. The van der Waals surface area contributed by atoms with Crippen LogP contribution in [0.4, 0.5) is 22.0 Å². The van der Waals surface area contributed by atoms with Crippen molar-refractivity contribution in [3.63, 3.8) is 0 Å². The van der Waals surface area contributed by atoms with Crippen molar-refractivity contribution in [1.29, 1.82) is 0 Å². The summed E-state index contributed by atoms with van der Waals surface area (Å²) >= 11 is 0. The van der Waals surface area contributed by atoms with Crippen LogP contribution in [0.3, 0.4) is 0 Å². The molecule has 4 aromatic rings. The first-order valence-electron chi connectivity index (χ1n) is 13.2. The molecule has 1 heterocycles. The van der Waals surface area contributed by atoms with E-state index in [0.29, 0.717) is 0 Å². The predicted octanol–water partition coefficient (Wildman–Crippen LogP) is 2.79. The van der Waals surface area contributed by atoms with Crippen molar-refractivity contribution >= 4 is 5.97 Å². The monoisotopic (exact) mass is 629 g/mol. The number of carbonyl (C=O) groups excluding carboxylic acids is 1. The van der Waals surface area contributed by atoms with E-state index < -0.39 is 53.7 Å². The minimum atomic E-state index is -4.87. The Hall–Kier alpha value is -3.52. The maximum atomic E-state index is 15.5. The summed E-state index contributed by atoms with van der Waals surface area (Å²) in [6.07, 6.45) is -6.09. The van der Waals surface area contributed by atoms with Gasteiger partial charge in [0.1, 0.15) is 5.82 Å². The van der Waals surface area contributed by atoms with Gasteiger partial charge in [-0.15, -0.1) is 0 Å². The summed E-state index contributed by atoms with van der Waals surface area (Å²) in [5, 5.41) is 14.3. The standard InChI is InChI=1S/C30H30F5N3O5.Na/c1-18(15-27(39)40)36-26(16-20-9-5-4-6-10-20)38-42-29(21-11-7-14-25(41-3)28(21)32)19(2)37(43-38)17-22-23(30(33,34)35)12-8-13-24(22)31;/h4-14,18,26,36H,15-17H2,1-3H3,(H,39,40);/q;+1/p-1. The molecule has 4 rings (SSSR count). The molecular formula is C30H29F5N3NaO5. The zero-order valence-corrected chi connectivity index (χ0v) is 26.5. The van der Waals surface area contributed by atoms with Crippen molar-refractivity contribution in [2.45, 2.75) is 51.6 Å². The first-order chi connectivity index (χ1) is 20.4. The first kappa shape index (κ1) is 35.0. The van der Waals surface area contributed by atoms with Crippen molar-refractivity contribution in [2.24, 2.45) is 0 Å². The number of hydrogen-bond acceptors (Lipinski definition) is 6. The van der Waals surface area contributed by atoms with E-state index in [0.717, 1.165) is 33.4 Å². The van der Waals surface area contributed by atoms with Crippen molar-refractivity contribution in [3.05, 3.63) is 101 Å². The number of halogens is 5. The van der Waals surface area contributed by atoms with Gasteiger partial charge < -0.3 is 19.2 Å². The molecule has 0 aliphatic carbocycles. The number of ether oxygens (including phenoxy) is 1. The van der Waals surface area contributed by atoms with Crippen LogP contribution >= 0.6 is 0 Å². The first-order valence-corrected chi connectivity index (χ1v) is 13.2. The van der Waals surface area contributed by atoms with Crippen LogP contribution in [0.1, 0.15) is 41.9 Å². The predicted molar refractivity (Wildman–Crippen MR) is 143 cm³/mol. The minimum absolute atomic E-state index is 0. The Morgan fingerprint density at radius 2 is 1.73 bits per heavy atom. The van der Waals surface area contributed by atoms with Crippen LogP contribution in [0.2, 0.25) is 0 Å². The molecule has 0 fully saturated rings. The molecule has 0 saturated carbocycles. The fraction of sp³-hybridized carbons (Fsp3) is 0.300. The number of carboxylic acid groups (broad SMARTS) is 1. The quantitative estimate of drug-likeness (QED) is 0.203. The topological polar surface area (TPSA) is 97.5 Å². The summed E-state index contributed by atoms with van der Waals surface area (Å²) in [5.41, 5.74) is -1.24. The fourth-order valence-electron chi connectivity index (χ4n) is 4.60. The summed E-state index contributed by atoms with van der Waals surface area (Å²) in [5.74, 6) is -3.54. The second-order valence-corrected chi connectivity index (χ2v) is 9.84. The molecule has 1 aromatic heterocycles. The molecule has 8 nitrogen and oxygen atoms in total.